The maximum absolute atomic E-state index is 12.6. The van der Waals surface area contributed by atoms with Crippen LogP contribution in [0.1, 0.15) is 28.4 Å². The first kappa shape index (κ1) is 18.8. The van der Waals surface area contributed by atoms with Gasteiger partial charge in [-0.2, -0.15) is 0 Å². The average Bonchev–Trinajstić information content (AvgIpc) is 2.65. The van der Waals surface area contributed by atoms with E-state index >= 15 is 0 Å². The van der Waals surface area contributed by atoms with Gasteiger partial charge in [0.05, 0.1) is 25.9 Å². The summed E-state index contributed by atoms with van der Waals surface area (Å²) in [6.45, 7) is 0.00841. The van der Waals surface area contributed by atoms with Crippen molar-refractivity contribution in [1.82, 2.24) is 0 Å². The number of carbonyl (C=O) groups excluding carboxylic acids is 1. The smallest absolute Gasteiger partial charge is 0.188 e. The molecule has 0 amide bonds. The fraction of sp³-hybridized carbons (Fsp3) is 0.316. The number of benzene rings is 2. The van der Waals surface area contributed by atoms with Crippen LogP contribution >= 0.6 is 0 Å². The van der Waals surface area contributed by atoms with E-state index in [2.05, 4.69) is 0 Å². The van der Waals surface area contributed by atoms with Crippen LogP contribution in [-0.4, -0.2) is 39.0 Å². The van der Waals surface area contributed by atoms with Gasteiger partial charge in [-0.3, -0.25) is 4.79 Å². The summed E-state index contributed by atoms with van der Waals surface area (Å²) in [4.78, 5) is 12.6. The van der Waals surface area contributed by atoms with E-state index in [0.29, 0.717) is 28.4 Å². The lowest BCUT2D eigenvalue weighted by atomic mass is 9.99. The molecule has 0 bridgehead atoms. The monoisotopic (exact) mass is 346 g/mol. The summed E-state index contributed by atoms with van der Waals surface area (Å²) in [5, 5.41) is 10.3. The topological polar surface area (TPSA) is 74.2 Å². The Bertz CT molecular complexity index is 696. The number of rotatable bonds is 9. The molecular weight excluding hydrogens is 324 g/mol. The predicted octanol–water partition coefficient (Wildman–Crippen LogP) is 2.99. The van der Waals surface area contributed by atoms with Crippen LogP contribution in [0, 0.1) is 0 Å². The molecule has 0 saturated heterocycles. The molecule has 0 saturated carbocycles. The molecule has 0 aromatic heterocycles. The molecule has 0 aliphatic rings. The minimum absolute atomic E-state index is 0.00841. The molecule has 25 heavy (non-hydrogen) atoms. The van der Waals surface area contributed by atoms with Crippen LogP contribution < -0.4 is 14.2 Å². The average molecular weight is 346 g/mol. The van der Waals surface area contributed by atoms with Gasteiger partial charge in [-0.05, 0) is 29.8 Å². The van der Waals surface area contributed by atoms with E-state index in [-0.39, 0.29) is 19.0 Å². The molecular formula is C19H22O6. The quantitative estimate of drug-likeness (QED) is 0.556. The maximum Gasteiger partial charge on any atom is 0.188 e. The van der Waals surface area contributed by atoms with E-state index in [1.54, 1.807) is 49.6 Å². The van der Waals surface area contributed by atoms with Crippen LogP contribution in [0.4, 0.5) is 0 Å². The highest BCUT2D eigenvalue weighted by molar-refractivity contribution is 5.99. The first-order chi connectivity index (χ1) is 12.1. The summed E-state index contributed by atoms with van der Waals surface area (Å²) in [5.74, 6) is 1.37. The second-order valence-electron chi connectivity index (χ2n) is 5.33. The van der Waals surface area contributed by atoms with Crippen molar-refractivity contribution in [2.75, 3.05) is 28.1 Å². The Kier molecular flexibility index (Phi) is 6.80. The van der Waals surface area contributed by atoms with E-state index < -0.39 is 6.10 Å². The number of Topliss-reactive ketones (excluding diaryl/α,β-unsaturated/α-hetero) is 1. The van der Waals surface area contributed by atoms with Crippen LogP contribution in [0.3, 0.4) is 0 Å². The third-order valence-corrected chi connectivity index (χ3v) is 3.70. The van der Waals surface area contributed by atoms with Crippen LogP contribution in [-0.2, 0) is 4.74 Å². The Hall–Kier alpha value is -2.57. The van der Waals surface area contributed by atoms with Crippen LogP contribution in [0.25, 0.3) is 0 Å². The molecule has 0 radical (unpaired) electrons. The number of ether oxygens (including phenoxy) is 4. The minimum atomic E-state index is -0.921. The zero-order valence-corrected chi connectivity index (χ0v) is 14.5. The van der Waals surface area contributed by atoms with Crippen molar-refractivity contribution >= 4 is 5.78 Å². The lowest BCUT2D eigenvalue weighted by Gasteiger charge is -2.14. The van der Waals surface area contributed by atoms with Crippen LogP contribution in [0.15, 0.2) is 42.5 Å². The van der Waals surface area contributed by atoms with Gasteiger partial charge in [-0.25, -0.2) is 0 Å². The van der Waals surface area contributed by atoms with Gasteiger partial charge < -0.3 is 24.1 Å². The lowest BCUT2D eigenvalue weighted by Crippen LogP contribution is -2.10. The van der Waals surface area contributed by atoms with Crippen molar-refractivity contribution in [2.45, 2.75) is 12.5 Å². The van der Waals surface area contributed by atoms with Crippen molar-refractivity contribution in [2.24, 2.45) is 0 Å². The standard InChI is InChI=1S/C19H22O6/c1-22-12-25-19-10-15(24-3)8-9-16(19)18(21)11-17(20)13-4-6-14(23-2)7-5-13/h4-10,17,20H,11-12H2,1-3H3/t17-/m1/s1. The number of aliphatic hydroxyl groups is 1. The number of ketones is 1. The van der Waals surface area contributed by atoms with Crippen molar-refractivity contribution in [3.05, 3.63) is 53.6 Å². The van der Waals surface area contributed by atoms with Crippen molar-refractivity contribution < 1.29 is 28.8 Å². The Labute approximate surface area is 146 Å². The molecule has 2 aromatic rings. The number of hydrogen-bond acceptors (Lipinski definition) is 6. The molecule has 1 atom stereocenters. The van der Waals surface area contributed by atoms with Gasteiger partial charge in [0.2, 0.25) is 0 Å². The van der Waals surface area contributed by atoms with E-state index in [0.717, 1.165) is 0 Å². The van der Waals surface area contributed by atoms with Crippen LogP contribution in [0.5, 0.6) is 17.2 Å². The van der Waals surface area contributed by atoms with Gasteiger partial charge in [-0.15, -0.1) is 0 Å². The van der Waals surface area contributed by atoms with Crippen molar-refractivity contribution in [1.29, 1.82) is 0 Å². The first-order valence-electron chi connectivity index (χ1n) is 7.74. The molecule has 0 fully saturated rings. The van der Waals surface area contributed by atoms with E-state index in [4.69, 9.17) is 18.9 Å². The second-order valence-corrected chi connectivity index (χ2v) is 5.33. The van der Waals surface area contributed by atoms with Gasteiger partial charge in [0.1, 0.15) is 17.2 Å². The molecule has 2 rings (SSSR count). The van der Waals surface area contributed by atoms with E-state index in [9.17, 15) is 9.90 Å². The highest BCUT2D eigenvalue weighted by Crippen LogP contribution is 2.28. The summed E-state index contributed by atoms with van der Waals surface area (Å²) in [5.41, 5.74) is 1.01. The summed E-state index contributed by atoms with van der Waals surface area (Å²) in [7, 11) is 4.60. The van der Waals surface area contributed by atoms with Crippen LogP contribution in [0.2, 0.25) is 0 Å². The summed E-state index contributed by atoms with van der Waals surface area (Å²) in [6.07, 6.45) is -0.988. The summed E-state index contributed by atoms with van der Waals surface area (Å²) < 4.78 is 20.6. The zero-order chi connectivity index (χ0) is 18.2. The number of methoxy groups -OCH3 is 3. The molecule has 6 nitrogen and oxygen atoms in total. The molecule has 1 N–H and O–H groups in total. The Morgan fingerprint density at radius 2 is 1.64 bits per heavy atom. The van der Waals surface area contributed by atoms with E-state index in [1.807, 2.05) is 0 Å². The van der Waals surface area contributed by atoms with Crippen molar-refractivity contribution in [3.8, 4) is 17.2 Å². The zero-order valence-electron chi connectivity index (χ0n) is 14.5. The number of carbonyl (C=O) groups is 1. The molecule has 0 spiro atoms. The number of hydrogen-bond donors (Lipinski definition) is 1. The largest absolute Gasteiger partial charge is 0.497 e. The Balaban J connectivity index is 2.15. The molecule has 6 heteroatoms. The van der Waals surface area contributed by atoms with Gasteiger partial charge in [-0.1, -0.05) is 12.1 Å². The van der Waals surface area contributed by atoms with Gasteiger partial charge in [0, 0.05) is 19.6 Å². The van der Waals surface area contributed by atoms with E-state index in [1.165, 1.54) is 14.2 Å². The van der Waals surface area contributed by atoms with Crippen molar-refractivity contribution in [3.63, 3.8) is 0 Å². The Morgan fingerprint density at radius 1 is 1.00 bits per heavy atom. The molecule has 0 aliphatic heterocycles. The molecule has 0 heterocycles. The molecule has 0 aliphatic carbocycles. The first-order valence-corrected chi connectivity index (χ1v) is 7.74. The highest BCUT2D eigenvalue weighted by Gasteiger charge is 2.19. The second kappa shape index (κ2) is 9.05. The van der Waals surface area contributed by atoms with Gasteiger partial charge in [0.25, 0.3) is 0 Å². The molecule has 134 valence electrons. The summed E-state index contributed by atoms with van der Waals surface area (Å²) >= 11 is 0. The predicted molar refractivity (Wildman–Crippen MR) is 92.4 cm³/mol. The number of aliphatic hydroxyl groups excluding tert-OH is 1. The molecule has 0 unspecified atom stereocenters. The third kappa shape index (κ3) is 4.95. The van der Waals surface area contributed by atoms with Gasteiger partial charge in [0.15, 0.2) is 12.6 Å². The Morgan fingerprint density at radius 3 is 2.24 bits per heavy atom. The van der Waals surface area contributed by atoms with Gasteiger partial charge >= 0.3 is 0 Å². The third-order valence-electron chi connectivity index (χ3n) is 3.70. The fourth-order valence-corrected chi connectivity index (χ4v) is 2.33. The highest BCUT2D eigenvalue weighted by atomic mass is 16.7. The minimum Gasteiger partial charge on any atom is -0.497 e. The molecule has 2 aromatic carbocycles. The fourth-order valence-electron chi connectivity index (χ4n) is 2.33. The SMILES string of the molecule is COCOc1cc(OC)ccc1C(=O)C[C@@H](O)c1ccc(OC)cc1. The maximum atomic E-state index is 12.6. The lowest BCUT2D eigenvalue weighted by molar-refractivity contribution is 0.0498. The normalized spacial score (nSPS) is 11.7. The summed E-state index contributed by atoms with van der Waals surface area (Å²) in [6, 6.07) is 11.8.